The van der Waals surface area contributed by atoms with Gasteiger partial charge < -0.3 is 10.8 Å². The molecule has 2 nitrogen and oxygen atoms in total. The second-order valence-electron chi connectivity index (χ2n) is 3.67. The molecule has 0 fully saturated rings. The Hall–Kier alpha value is -0.940. The average Bonchev–Trinajstić information content (AvgIpc) is 2.16. The molecule has 0 amide bonds. The third-order valence-corrected chi connectivity index (χ3v) is 2.35. The van der Waals surface area contributed by atoms with Crippen LogP contribution in [-0.2, 0) is 6.18 Å². The highest BCUT2D eigenvalue weighted by Crippen LogP contribution is 2.34. The molecule has 0 bridgehead atoms. The molecule has 6 heteroatoms. The first-order chi connectivity index (χ1) is 7.36. The van der Waals surface area contributed by atoms with Crippen molar-refractivity contribution in [2.75, 3.05) is 0 Å². The summed E-state index contributed by atoms with van der Waals surface area (Å²) in [5.74, 6) is -0.186. The van der Waals surface area contributed by atoms with Gasteiger partial charge in [-0.15, -0.1) is 12.4 Å². The fourth-order valence-electron chi connectivity index (χ4n) is 1.49. The Kier molecular flexibility index (Phi) is 5.78. The number of benzene rings is 1. The summed E-state index contributed by atoms with van der Waals surface area (Å²) in [6.07, 6.45) is -3.12. The van der Waals surface area contributed by atoms with Crippen LogP contribution in [-0.4, -0.2) is 5.11 Å². The normalized spacial score (nSPS) is 13.0. The molecule has 0 radical (unpaired) electrons. The van der Waals surface area contributed by atoms with Gasteiger partial charge in [0.25, 0.3) is 0 Å². The van der Waals surface area contributed by atoms with E-state index in [1.807, 2.05) is 6.92 Å². The maximum absolute atomic E-state index is 12.4. The zero-order valence-electron chi connectivity index (χ0n) is 9.29. The lowest BCUT2D eigenvalue weighted by Crippen LogP contribution is -2.12. The van der Waals surface area contributed by atoms with E-state index in [1.54, 1.807) is 0 Å². The third-order valence-electron chi connectivity index (χ3n) is 2.35. The summed E-state index contributed by atoms with van der Waals surface area (Å²) in [7, 11) is 0. The van der Waals surface area contributed by atoms with E-state index in [9.17, 15) is 18.3 Å². The molecule has 1 aromatic carbocycles. The summed E-state index contributed by atoms with van der Waals surface area (Å²) in [6.45, 7) is 1.88. The van der Waals surface area contributed by atoms with Crippen molar-refractivity contribution in [3.63, 3.8) is 0 Å². The van der Waals surface area contributed by atoms with E-state index < -0.39 is 17.8 Å². The second kappa shape index (κ2) is 6.12. The summed E-state index contributed by atoms with van der Waals surface area (Å²) < 4.78 is 37.3. The largest absolute Gasteiger partial charge is 0.508 e. The first-order valence-corrected chi connectivity index (χ1v) is 5.02. The van der Waals surface area contributed by atoms with Crippen LogP contribution in [0.1, 0.15) is 36.9 Å². The summed E-state index contributed by atoms with van der Waals surface area (Å²) >= 11 is 0. The van der Waals surface area contributed by atoms with Crippen molar-refractivity contribution in [3.8, 4) is 5.75 Å². The Balaban J connectivity index is 0.00000256. The van der Waals surface area contributed by atoms with Gasteiger partial charge in [0.05, 0.1) is 5.56 Å². The Morgan fingerprint density at radius 2 is 1.94 bits per heavy atom. The number of hydrogen-bond donors (Lipinski definition) is 2. The van der Waals surface area contributed by atoms with Gasteiger partial charge >= 0.3 is 6.18 Å². The Morgan fingerprint density at radius 1 is 1.35 bits per heavy atom. The maximum atomic E-state index is 12.4. The second-order valence-corrected chi connectivity index (χ2v) is 3.67. The van der Waals surface area contributed by atoms with Crippen molar-refractivity contribution in [2.24, 2.45) is 5.73 Å². The molecule has 0 heterocycles. The molecule has 0 aliphatic heterocycles. The predicted octanol–water partition coefficient (Wildman–Crippen LogP) is 3.63. The van der Waals surface area contributed by atoms with Crippen molar-refractivity contribution in [3.05, 3.63) is 29.3 Å². The molecule has 0 unspecified atom stereocenters. The van der Waals surface area contributed by atoms with Crippen molar-refractivity contribution in [1.82, 2.24) is 0 Å². The van der Waals surface area contributed by atoms with Gasteiger partial charge in [-0.25, -0.2) is 0 Å². The fourth-order valence-corrected chi connectivity index (χ4v) is 1.49. The molecule has 0 spiro atoms. The van der Waals surface area contributed by atoms with Crippen LogP contribution in [0.5, 0.6) is 5.75 Å². The first kappa shape index (κ1) is 16.1. The maximum Gasteiger partial charge on any atom is 0.416 e. The van der Waals surface area contributed by atoms with Crippen LogP contribution < -0.4 is 5.73 Å². The number of rotatable bonds is 3. The van der Waals surface area contributed by atoms with Gasteiger partial charge in [0.1, 0.15) is 5.75 Å². The van der Waals surface area contributed by atoms with Crippen LogP contribution in [0.25, 0.3) is 0 Å². The van der Waals surface area contributed by atoms with E-state index in [0.717, 1.165) is 24.6 Å². The summed E-state index contributed by atoms with van der Waals surface area (Å²) in [4.78, 5) is 0. The number of alkyl halides is 3. The Labute approximate surface area is 104 Å². The van der Waals surface area contributed by atoms with Gasteiger partial charge in [0.2, 0.25) is 0 Å². The van der Waals surface area contributed by atoms with E-state index in [0.29, 0.717) is 6.42 Å². The number of phenolic OH excluding ortho intramolecular Hbond substituents is 1. The van der Waals surface area contributed by atoms with Crippen LogP contribution in [0.15, 0.2) is 18.2 Å². The van der Waals surface area contributed by atoms with Gasteiger partial charge in [-0.2, -0.15) is 13.2 Å². The molecule has 1 rings (SSSR count). The van der Waals surface area contributed by atoms with Crippen LogP contribution >= 0.6 is 12.4 Å². The molecule has 0 aliphatic carbocycles. The molecule has 0 saturated carbocycles. The summed E-state index contributed by atoms with van der Waals surface area (Å²) in [5, 5.41) is 9.45. The van der Waals surface area contributed by atoms with E-state index >= 15 is 0 Å². The van der Waals surface area contributed by atoms with Gasteiger partial charge in [0, 0.05) is 11.6 Å². The highest BCUT2D eigenvalue weighted by molar-refractivity contribution is 5.85. The third kappa shape index (κ3) is 4.09. The Bertz CT molecular complexity index is 368. The molecule has 0 aromatic heterocycles. The molecule has 17 heavy (non-hydrogen) atoms. The molecule has 3 N–H and O–H groups in total. The molecule has 98 valence electrons. The lowest BCUT2D eigenvalue weighted by molar-refractivity contribution is -0.137. The molecule has 0 saturated heterocycles. The van der Waals surface area contributed by atoms with Gasteiger partial charge in [0.15, 0.2) is 0 Å². The molecule has 1 atom stereocenters. The summed E-state index contributed by atoms with van der Waals surface area (Å²) in [5.41, 5.74) is 5.06. The van der Waals surface area contributed by atoms with E-state index in [-0.39, 0.29) is 23.7 Å². The van der Waals surface area contributed by atoms with E-state index in [4.69, 9.17) is 5.73 Å². The zero-order valence-corrected chi connectivity index (χ0v) is 10.1. The highest BCUT2D eigenvalue weighted by Gasteiger charge is 2.31. The van der Waals surface area contributed by atoms with E-state index in [2.05, 4.69) is 0 Å². The van der Waals surface area contributed by atoms with Crippen molar-refractivity contribution >= 4 is 12.4 Å². The zero-order chi connectivity index (χ0) is 12.3. The number of nitrogens with two attached hydrogens (primary N) is 1. The van der Waals surface area contributed by atoms with Crippen LogP contribution in [0.2, 0.25) is 0 Å². The fraction of sp³-hybridized carbons (Fsp3) is 0.455. The van der Waals surface area contributed by atoms with Crippen molar-refractivity contribution in [2.45, 2.75) is 32.0 Å². The van der Waals surface area contributed by atoms with Crippen molar-refractivity contribution < 1.29 is 18.3 Å². The van der Waals surface area contributed by atoms with Gasteiger partial charge in [-0.05, 0) is 24.6 Å². The highest BCUT2D eigenvalue weighted by atomic mass is 35.5. The molecule has 0 aliphatic rings. The van der Waals surface area contributed by atoms with Crippen LogP contribution in [0.3, 0.4) is 0 Å². The summed E-state index contributed by atoms with van der Waals surface area (Å²) in [6, 6.07) is 2.23. The van der Waals surface area contributed by atoms with Gasteiger partial charge in [-0.1, -0.05) is 13.3 Å². The topological polar surface area (TPSA) is 46.2 Å². The number of aromatic hydroxyl groups is 1. The predicted molar refractivity (Wildman–Crippen MR) is 62.2 cm³/mol. The standard InChI is InChI=1S/C11H14F3NO.ClH/c1-2-3-9(15)8-6-7(11(12,13)14)4-5-10(8)16;/h4-6,9,16H,2-3,15H2,1H3;1H/t9-;/m1./s1. The van der Waals surface area contributed by atoms with Crippen LogP contribution in [0.4, 0.5) is 13.2 Å². The number of halogens is 4. The van der Waals surface area contributed by atoms with Crippen molar-refractivity contribution in [1.29, 1.82) is 0 Å². The average molecular weight is 270 g/mol. The number of phenols is 1. The Morgan fingerprint density at radius 3 is 2.41 bits per heavy atom. The minimum Gasteiger partial charge on any atom is -0.508 e. The van der Waals surface area contributed by atoms with Gasteiger partial charge in [-0.3, -0.25) is 0 Å². The first-order valence-electron chi connectivity index (χ1n) is 5.02. The lowest BCUT2D eigenvalue weighted by atomic mass is 10.00. The molecular formula is C11H15ClF3NO. The molecule has 1 aromatic rings. The van der Waals surface area contributed by atoms with Crippen LogP contribution in [0, 0.1) is 0 Å². The van der Waals surface area contributed by atoms with E-state index in [1.165, 1.54) is 0 Å². The minimum atomic E-state index is -4.41. The quantitative estimate of drug-likeness (QED) is 0.880. The molecular weight excluding hydrogens is 255 g/mol. The lowest BCUT2D eigenvalue weighted by Gasteiger charge is -2.15. The smallest absolute Gasteiger partial charge is 0.416 e. The minimum absolute atomic E-state index is 0. The number of hydrogen-bond acceptors (Lipinski definition) is 2. The SMILES string of the molecule is CCC[C@@H](N)c1cc(C(F)(F)F)ccc1O.Cl. The monoisotopic (exact) mass is 269 g/mol.